The first-order chi connectivity index (χ1) is 13.2. The molecule has 0 aliphatic carbocycles. The largest absolute Gasteiger partial charge is 0.493 e. The number of nitrogens with zero attached hydrogens (tertiary/aromatic N) is 3. The summed E-state index contributed by atoms with van der Waals surface area (Å²) in [6, 6.07) is 9.18. The highest BCUT2D eigenvalue weighted by Gasteiger charge is 2.22. The molecule has 1 amide bonds. The van der Waals surface area contributed by atoms with E-state index < -0.39 is 0 Å². The van der Waals surface area contributed by atoms with E-state index in [-0.39, 0.29) is 5.91 Å². The van der Waals surface area contributed by atoms with Gasteiger partial charge in [-0.2, -0.15) is 0 Å². The molecule has 9 heteroatoms. The number of rotatable bonds is 8. The van der Waals surface area contributed by atoms with Crippen LogP contribution in [0.1, 0.15) is 9.67 Å². The van der Waals surface area contributed by atoms with Gasteiger partial charge >= 0.3 is 0 Å². The summed E-state index contributed by atoms with van der Waals surface area (Å²) in [5.74, 6) is 1.13. The summed E-state index contributed by atoms with van der Waals surface area (Å²) in [4.78, 5) is 15.1. The van der Waals surface area contributed by atoms with Crippen LogP contribution in [0.25, 0.3) is 10.6 Å². The van der Waals surface area contributed by atoms with Gasteiger partial charge in [-0.15, -0.1) is 21.5 Å². The lowest BCUT2D eigenvalue weighted by Crippen LogP contribution is -2.33. The van der Waals surface area contributed by atoms with Crippen LogP contribution in [0.4, 0.5) is 5.13 Å². The molecule has 0 saturated heterocycles. The lowest BCUT2D eigenvalue weighted by Gasteiger charge is -2.17. The van der Waals surface area contributed by atoms with Gasteiger partial charge in [0.2, 0.25) is 5.13 Å². The molecule has 2 heterocycles. The normalized spacial score (nSPS) is 10.6. The molecule has 0 unspecified atom stereocenters. The second kappa shape index (κ2) is 8.94. The highest BCUT2D eigenvalue weighted by Crippen LogP contribution is 2.35. The van der Waals surface area contributed by atoms with Crippen LogP contribution in [0.5, 0.6) is 11.5 Å². The molecule has 0 fully saturated rings. The molecule has 0 atom stereocenters. The Morgan fingerprint density at radius 1 is 1.11 bits per heavy atom. The molecule has 0 aliphatic rings. The van der Waals surface area contributed by atoms with Gasteiger partial charge in [0.25, 0.3) is 5.91 Å². The number of hydrogen-bond donors (Lipinski definition) is 0. The van der Waals surface area contributed by atoms with Gasteiger partial charge in [-0.1, -0.05) is 17.4 Å². The SMILES string of the molecule is COCCN(C(=O)c1cccs1)c1nnc(-c2ccc(OC)c(OC)c2)s1. The van der Waals surface area contributed by atoms with E-state index in [1.165, 1.54) is 22.7 Å². The fraction of sp³-hybridized carbons (Fsp3) is 0.278. The second-order valence-electron chi connectivity index (χ2n) is 5.39. The fourth-order valence-corrected chi connectivity index (χ4v) is 3.95. The maximum Gasteiger partial charge on any atom is 0.270 e. The van der Waals surface area contributed by atoms with Gasteiger partial charge in [0.1, 0.15) is 5.01 Å². The molecule has 3 rings (SSSR count). The molecule has 0 spiro atoms. The Morgan fingerprint density at radius 2 is 1.93 bits per heavy atom. The van der Waals surface area contributed by atoms with E-state index in [9.17, 15) is 4.79 Å². The lowest BCUT2D eigenvalue weighted by atomic mass is 10.2. The molecule has 7 nitrogen and oxygen atoms in total. The minimum atomic E-state index is -0.114. The Labute approximate surface area is 165 Å². The van der Waals surface area contributed by atoms with Crippen LogP contribution >= 0.6 is 22.7 Å². The minimum absolute atomic E-state index is 0.114. The number of aromatic nitrogens is 2. The average molecular weight is 406 g/mol. The number of carbonyl (C=O) groups excluding carboxylic acids is 1. The van der Waals surface area contributed by atoms with E-state index in [1.54, 1.807) is 32.3 Å². The van der Waals surface area contributed by atoms with E-state index in [2.05, 4.69) is 10.2 Å². The van der Waals surface area contributed by atoms with Gasteiger partial charge in [-0.3, -0.25) is 9.69 Å². The molecule has 0 bridgehead atoms. The number of amides is 1. The lowest BCUT2D eigenvalue weighted by molar-refractivity contribution is 0.0979. The Bertz CT molecular complexity index is 896. The third-order valence-corrected chi connectivity index (χ3v) is 5.63. The molecule has 1 aromatic carbocycles. The van der Waals surface area contributed by atoms with Crippen molar-refractivity contribution >= 4 is 33.7 Å². The molecule has 0 saturated carbocycles. The Morgan fingerprint density at radius 3 is 2.59 bits per heavy atom. The molecule has 0 radical (unpaired) electrons. The van der Waals surface area contributed by atoms with Crippen LogP contribution in [0.15, 0.2) is 35.7 Å². The third-order valence-electron chi connectivity index (χ3n) is 3.77. The standard InChI is InChI=1S/C18H19N3O4S2/c1-23-9-8-21(17(22)15-5-4-10-26-15)18-20-19-16(27-18)12-6-7-13(24-2)14(11-12)25-3/h4-7,10-11H,8-9H2,1-3H3. The summed E-state index contributed by atoms with van der Waals surface area (Å²) in [5.41, 5.74) is 0.840. The molecular formula is C18H19N3O4S2. The molecule has 0 N–H and O–H groups in total. The van der Waals surface area contributed by atoms with Crippen molar-refractivity contribution in [2.45, 2.75) is 0 Å². The summed E-state index contributed by atoms with van der Waals surface area (Å²) in [5, 5.41) is 11.6. The maximum atomic E-state index is 12.8. The van der Waals surface area contributed by atoms with Gasteiger partial charge in [-0.25, -0.2) is 0 Å². The first kappa shape index (κ1) is 19.3. The van der Waals surface area contributed by atoms with Gasteiger partial charge < -0.3 is 14.2 Å². The zero-order chi connectivity index (χ0) is 19.2. The van der Waals surface area contributed by atoms with Crippen molar-refractivity contribution in [2.24, 2.45) is 0 Å². The highest BCUT2D eigenvalue weighted by molar-refractivity contribution is 7.18. The summed E-state index contributed by atoms with van der Waals surface area (Å²) in [6.07, 6.45) is 0. The Balaban J connectivity index is 1.90. The van der Waals surface area contributed by atoms with Crippen molar-refractivity contribution in [3.63, 3.8) is 0 Å². The van der Waals surface area contributed by atoms with Crippen molar-refractivity contribution < 1.29 is 19.0 Å². The van der Waals surface area contributed by atoms with Crippen LogP contribution < -0.4 is 14.4 Å². The highest BCUT2D eigenvalue weighted by atomic mass is 32.1. The monoisotopic (exact) mass is 405 g/mol. The van der Waals surface area contributed by atoms with Crippen LogP contribution in [-0.4, -0.2) is 50.6 Å². The summed E-state index contributed by atoms with van der Waals surface area (Å²) in [6.45, 7) is 0.802. The predicted octanol–water partition coefficient (Wildman–Crippen LogP) is 3.58. The van der Waals surface area contributed by atoms with Crippen LogP contribution in [0.2, 0.25) is 0 Å². The number of ether oxygens (including phenoxy) is 3. The van der Waals surface area contributed by atoms with Crippen molar-refractivity contribution in [3.05, 3.63) is 40.6 Å². The first-order valence-corrected chi connectivity index (χ1v) is 9.77. The number of hydrogen-bond acceptors (Lipinski definition) is 8. The quantitative estimate of drug-likeness (QED) is 0.570. The number of anilines is 1. The molecule has 3 aromatic rings. The van der Waals surface area contributed by atoms with Gasteiger partial charge in [-0.05, 0) is 29.6 Å². The van der Waals surface area contributed by atoms with E-state index in [1.807, 2.05) is 29.6 Å². The van der Waals surface area contributed by atoms with E-state index in [0.717, 1.165) is 5.56 Å². The summed E-state index contributed by atoms with van der Waals surface area (Å²) in [7, 11) is 4.77. The summed E-state index contributed by atoms with van der Waals surface area (Å²) < 4.78 is 15.8. The number of carbonyl (C=O) groups is 1. The van der Waals surface area contributed by atoms with E-state index >= 15 is 0 Å². The van der Waals surface area contributed by atoms with Gasteiger partial charge in [0, 0.05) is 12.7 Å². The van der Waals surface area contributed by atoms with E-state index in [0.29, 0.717) is 39.7 Å². The van der Waals surface area contributed by atoms with Gasteiger partial charge in [0.15, 0.2) is 11.5 Å². The minimum Gasteiger partial charge on any atom is -0.493 e. The molecular weight excluding hydrogens is 386 g/mol. The number of benzene rings is 1. The van der Waals surface area contributed by atoms with Crippen LogP contribution in [0.3, 0.4) is 0 Å². The second-order valence-corrected chi connectivity index (χ2v) is 7.29. The Hall–Kier alpha value is -2.49. The molecule has 142 valence electrons. The van der Waals surface area contributed by atoms with Crippen LogP contribution in [0, 0.1) is 0 Å². The topological polar surface area (TPSA) is 73.8 Å². The zero-order valence-corrected chi connectivity index (χ0v) is 16.8. The zero-order valence-electron chi connectivity index (χ0n) is 15.2. The summed E-state index contributed by atoms with van der Waals surface area (Å²) >= 11 is 2.73. The van der Waals surface area contributed by atoms with Crippen molar-refractivity contribution in [2.75, 3.05) is 39.4 Å². The van der Waals surface area contributed by atoms with Crippen LogP contribution in [-0.2, 0) is 4.74 Å². The average Bonchev–Trinajstić information content (AvgIpc) is 3.40. The molecule has 0 aliphatic heterocycles. The smallest absolute Gasteiger partial charge is 0.270 e. The first-order valence-electron chi connectivity index (χ1n) is 8.08. The number of thiophene rings is 1. The van der Waals surface area contributed by atoms with Crippen molar-refractivity contribution in [1.82, 2.24) is 10.2 Å². The molecule has 27 heavy (non-hydrogen) atoms. The van der Waals surface area contributed by atoms with E-state index in [4.69, 9.17) is 14.2 Å². The molecule has 2 aromatic heterocycles. The fourth-order valence-electron chi connectivity index (χ4n) is 2.41. The Kier molecular flexibility index (Phi) is 6.38. The maximum absolute atomic E-state index is 12.8. The predicted molar refractivity (Wildman–Crippen MR) is 106 cm³/mol. The number of methoxy groups -OCH3 is 3. The third kappa shape index (κ3) is 4.26. The van der Waals surface area contributed by atoms with Gasteiger partial charge in [0.05, 0.1) is 32.2 Å². The van der Waals surface area contributed by atoms with Crippen molar-refractivity contribution in [1.29, 1.82) is 0 Å². The van der Waals surface area contributed by atoms with Crippen molar-refractivity contribution in [3.8, 4) is 22.1 Å².